The zero-order chi connectivity index (χ0) is 23.4. The Morgan fingerprint density at radius 1 is 0.788 bits per heavy atom. The highest BCUT2D eigenvalue weighted by Crippen LogP contribution is 2.20. The Bertz CT molecular complexity index is 1220. The third-order valence-electron chi connectivity index (χ3n) is 5.22. The maximum Gasteiger partial charge on any atom is 0.264 e. The molecule has 33 heavy (non-hydrogen) atoms. The number of hydrogen-bond donors (Lipinski definition) is 1. The van der Waals surface area contributed by atoms with Crippen LogP contribution in [0.1, 0.15) is 19.3 Å². The smallest absolute Gasteiger partial charge is 0.264 e. The third-order valence-corrected chi connectivity index (χ3v) is 8.82. The number of sulfone groups is 1. The molecular formula is C22H21N3O5S3. The minimum absolute atomic E-state index is 0.0543. The number of benzene rings is 1. The van der Waals surface area contributed by atoms with Crippen molar-refractivity contribution in [2.75, 3.05) is 26.2 Å². The second-order valence-electron chi connectivity index (χ2n) is 7.28. The van der Waals surface area contributed by atoms with E-state index >= 15 is 0 Å². The van der Waals surface area contributed by atoms with Crippen molar-refractivity contribution in [3.63, 3.8) is 0 Å². The summed E-state index contributed by atoms with van der Waals surface area (Å²) in [5.74, 6) is -1.46. The second-order valence-corrected chi connectivity index (χ2v) is 11.2. The number of nitrogens with one attached hydrogen (secondary N) is 1. The van der Waals surface area contributed by atoms with Crippen LogP contribution in [0.4, 0.5) is 0 Å². The number of carbonyl (C=O) groups is 3. The second kappa shape index (κ2) is 9.86. The average molecular weight is 504 g/mol. The monoisotopic (exact) mass is 503 g/mol. The number of nitrogens with zero attached hydrogens (tertiary/aromatic N) is 2. The zero-order valence-corrected chi connectivity index (χ0v) is 19.9. The molecule has 1 N–H and O–H groups in total. The maximum atomic E-state index is 13.4. The molecule has 1 saturated heterocycles. The van der Waals surface area contributed by atoms with Crippen LogP contribution in [0.2, 0.25) is 0 Å². The molecule has 11 heteroatoms. The molecule has 0 radical (unpaired) electrons. The molecule has 172 valence electrons. The van der Waals surface area contributed by atoms with Gasteiger partial charge >= 0.3 is 0 Å². The topological polar surface area (TPSA) is 104 Å². The lowest BCUT2D eigenvalue weighted by atomic mass is 10.3. The first-order valence-electron chi connectivity index (χ1n) is 10.1. The van der Waals surface area contributed by atoms with Crippen LogP contribution in [0.15, 0.2) is 70.3 Å². The summed E-state index contributed by atoms with van der Waals surface area (Å²) in [4.78, 5) is 42.5. The van der Waals surface area contributed by atoms with Gasteiger partial charge in [-0.3, -0.25) is 14.4 Å². The van der Waals surface area contributed by atoms with Crippen molar-refractivity contribution < 1.29 is 22.8 Å². The van der Waals surface area contributed by atoms with E-state index in [0.717, 1.165) is 11.3 Å². The maximum absolute atomic E-state index is 13.4. The van der Waals surface area contributed by atoms with Crippen molar-refractivity contribution >= 4 is 50.2 Å². The van der Waals surface area contributed by atoms with Crippen molar-refractivity contribution in [1.82, 2.24) is 15.1 Å². The molecule has 1 fully saturated rings. The Morgan fingerprint density at radius 3 is 1.94 bits per heavy atom. The summed E-state index contributed by atoms with van der Waals surface area (Å²) in [5, 5.41) is 4.17. The lowest BCUT2D eigenvalue weighted by Gasteiger charge is -2.36. The molecule has 3 heterocycles. The van der Waals surface area contributed by atoms with Gasteiger partial charge in [0.1, 0.15) is 0 Å². The molecule has 0 spiro atoms. The first-order valence-corrected chi connectivity index (χ1v) is 13.4. The average Bonchev–Trinajstić information content (AvgIpc) is 3.57. The fourth-order valence-corrected chi connectivity index (χ4v) is 6.27. The van der Waals surface area contributed by atoms with E-state index in [4.69, 9.17) is 0 Å². The number of hydrogen-bond acceptors (Lipinski definition) is 7. The minimum atomic E-state index is -4.20. The predicted molar refractivity (Wildman–Crippen MR) is 126 cm³/mol. The molecule has 0 unspecified atom stereocenters. The molecule has 4 rings (SSSR count). The fraction of sp³-hybridized carbons (Fsp3) is 0.227. The lowest BCUT2D eigenvalue weighted by Crippen LogP contribution is -2.57. The van der Waals surface area contributed by atoms with E-state index < -0.39 is 27.0 Å². The van der Waals surface area contributed by atoms with Crippen molar-refractivity contribution in [2.24, 2.45) is 0 Å². The molecular weight excluding hydrogens is 482 g/mol. The van der Waals surface area contributed by atoms with E-state index in [1.165, 1.54) is 28.4 Å². The van der Waals surface area contributed by atoms with E-state index in [2.05, 4.69) is 5.32 Å². The SMILES string of the molecule is O=C(N[C@H](C(=O)N1CCN(C(=O)c2cccs2)CC1)S(=O)(=O)c1ccccc1)c1cccs1. The molecule has 1 atom stereocenters. The van der Waals surface area contributed by atoms with Gasteiger partial charge in [-0.1, -0.05) is 30.3 Å². The Balaban J connectivity index is 1.53. The van der Waals surface area contributed by atoms with E-state index in [1.807, 2.05) is 5.38 Å². The van der Waals surface area contributed by atoms with Crippen LogP contribution >= 0.6 is 22.7 Å². The van der Waals surface area contributed by atoms with Gasteiger partial charge in [-0.25, -0.2) is 8.42 Å². The summed E-state index contributed by atoms with van der Waals surface area (Å²) in [6.45, 7) is 0.899. The molecule has 3 aromatic rings. The first-order chi connectivity index (χ1) is 15.9. The van der Waals surface area contributed by atoms with Crippen molar-refractivity contribution in [3.8, 4) is 0 Å². The standard InChI is InChI=1S/C22H21N3O5S3/c26-19(17-8-4-14-31-17)23-20(33(29,30)16-6-2-1-3-7-16)22(28)25-12-10-24(11-13-25)21(27)18-9-5-15-32-18/h1-9,14-15,20H,10-13H2,(H,23,26)/t20-/m0/s1. The van der Waals surface area contributed by atoms with E-state index in [1.54, 1.807) is 52.7 Å². The van der Waals surface area contributed by atoms with Crippen molar-refractivity contribution in [3.05, 3.63) is 75.1 Å². The molecule has 0 saturated carbocycles. The summed E-state index contributed by atoms with van der Waals surface area (Å²) < 4.78 is 26.7. The van der Waals surface area contributed by atoms with Gasteiger partial charge in [0.15, 0.2) is 0 Å². The lowest BCUT2D eigenvalue weighted by molar-refractivity contribution is -0.132. The van der Waals surface area contributed by atoms with Crippen LogP contribution in [0.25, 0.3) is 0 Å². The summed E-state index contributed by atoms with van der Waals surface area (Å²) in [7, 11) is -4.20. The van der Waals surface area contributed by atoms with Gasteiger partial charge in [0, 0.05) is 26.2 Å². The van der Waals surface area contributed by atoms with Crippen LogP contribution in [0.5, 0.6) is 0 Å². The molecule has 0 bridgehead atoms. The summed E-state index contributed by atoms with van der Waals surface area (Å²) in [6.07, 6.45) is 0. The van der Waals surface area contributed by atoms with Crippen molar-refractivity contribution in [1.29, 1.82) is 0 Å². The molecule has 2 aromatic heterocycles. The Labute approximate surface area is 199 Å². The van der Waals surface area contributed by atoms with Gasteiger partial charge in [-0.15, -0.1) is 22.7 Å². The highest BCUT2D eigenvalue weighted by molar-refractivity contribution is 7.92. The molecule has 8 nitrogen and oxygen atoms in total. The quantitative estimate of drug-likeness (QED) is 0.556. The Hall–Kier alpha value is -3.02. The number of carbonyl (C=O) groups excluding carboxylic acids is 3. The highest BCUT2D eigenvalue weighted by atomic mass is 32.2. The molecule has 1 aliphatic rings. The van der Waals surface area contributed by atoms with E-state index in [0.29, 0.717) is 9.75 Å². The van der Waals surface area contributed by atoms with Crippen LogP contribution in [-0.4, -0.2) is 67.5 Å². The van der Waals surface area contributed by atoms with Gasteiger partial charge in [-0.2, -0.15) is 0 Å². The first kappa shape index (κ1) is 23.1. The Kier molecular flexibility index (Phi) is 6.91. The fourth-order valence-electron chi connectivity index (χ4n) is 3.47. The van der Waals surface area contributed by atoms with E-state index in [-0.39, 0.29) is 37.0 Å². The minimum Gasteiger partial charge on any atom is -0.336 e. The highest BCUT2D eigenvalue weighted by Gasteiger charge is 2.39. The summed E-state index contributed by atoms with van der Waals surface area (Å²) >= 11 is 2.50. The predicted octanol–water partition coefficient (Wildman–Crippen LogP) is 2.32. The zero-order valence-electron chi connectivity index (χ0n) is 17.4. The summed E-state index contributed by atoms with van der Waals surface area (Å²) in [5.41, 5.74) is 0. The normalized spacial score (nSPS) is 15.2. The van der Waals surface area contributed by atoms with E-state index in [9.17, 15) is 22.8 Å². The Morgan fingerprint density at radius 2 is 1.36 bits per heavy atom. The van der Waals surface area contributed by atoms with Crippen LogP contribution in [0.3, 0.4) is 0 Å². The van der Waals surface area contributed by atoms with Gasteiger partial charge in [0.2, 0.25) is 15.2 Å². The summed E-state index contributed by atoms with van der Waals surface area (Å²) in [6, 6.07) is 14.4. The number of thiophene rings is 2. The van der Waals surface area contributed by atoms with Crippen LogP contribution in [-0.2, 0) is 14.6 Å². The van der Waals surface area contributed by atoms with Crippen molar-refractivity contribution in [2.45, 2.75) is 10.3 Å². The van der Waals surface area contributed by atoms with Crippen LogP contribution in [0, 0.1) is 0 Å². The number of piperazine rings is 1. The molecule has 0 aliphatic carbocycles. The number of amides is 3. The van der Waals surface area contributed by atoms with Gasteiger partial charge in [0.25, 0.3) is 17.7 Å². The molecule has 1 aromatic carbocycles. The van der Waals surface area contributed by atoms with Gasteiger partial charge < -0.3 is 15.1 Å². The molecule has 3 amide bonds. The number of rotatable bonds is 6. The largest absolute Gasteiger partial charge is 0.336 e. The van der Waals surface area contributed by atoms with Gasteiger partial charge in [-0.05, 0) is 35.0 Å². The van der Waals surface area contributed by atoms with Gasteiger partial charge in [0.05, 0.1) is 14.6 Å². The van der Waals surface area contributed by atoms with Crippen LogP contribution < -0.4 is 5.32 Å². The third kappa shape index (κ3) is 5.00. The molecule has 1 aliphatic heterocycles.